The van der Waals surface area contributed by atoms with Crippen LogP contribution in [0.4, 0.5) is 10.8 Å². The van der Waals surface area contributed by atoms with E-state index in [1.807, 2.05) is 48.5 Å². The number of methoxy groups -OCH3 is 2. The van der Waals surface area contributed by atoms with Crippen LogP contribution in [-0.4, -0.2) is 29.1 Å². The molecule has 0 aliphatic heterocycles. The van der Waals surface area contributed by atoms with Gasteiger partial charge in [0.2, 0.25) is 0 Å². The minimum atomic E-state index is -0.410. The molecule has 0 fully saturated rings. The second-order valence-corrected chi connectivity index (χ2v) is 7.37. The lowest BCUT2D eigenvalue weighted by atomic mass is 10.2. The van der Waals surface area contributed by atoms with Gasteiger partial charge in [0.15, 0.2) is 17.3 Å². The number of anilines is 1. The van der Waals surface area contributed by atoms with Crippen LogP contribution in [0.2, 0.25) is 0 Å². The van der Waals surface area contributed by atoms with Gasteiger partial charge in [-0.1, -0.05) is 36.4 Å². The lowest BCUT2D eigenvalue weighted by Gasteiger charge is -2.12. The molecule has 0 aliphatic rings. The standard InChI is InChI=1S/C21H18N4O4S/c1-28-16-9-8-13(10-17(16)29-2)12-22-20-15-11-18(25(26)27)30-21(15)24-19(23-20)14-6-4-3-5-7-14/h3-11H,12H2,1-2H3,(H,22,23,24). The number of nitro groups is 1. The molecule has 4 aromatic rings. The van der Waals surface area contributed by atoms with Crippen molar-refractivity contribution < 1.29 is 14.4 Å². The van der Waals surface area contributed by atoms with Crippen LogP contribution in [0.5, 0.6) is 11.5 Å². The van der Waals surface area contributed by atoms with Crippen LogP contribution >= 0.6 is 11.3 Å². The molecule has 2 aromatic heterocycles. The summed E-state index contributed by atoms with van der Waals surface area (Å²) in [5, 5.41) is 15.2. The topological polar surface area (TPSA) is 99.4 Å². The van der Waals surface area contributed by atoms with Gasteiger partial charge in [0.1, 0.15) is 10.6 Å². The van der Waals surface area contributed by atoms with E-state index < -0.39 is 4.92 Å². The number of rotatable bonds is 7. The molecule has 152 valence electrons. The smallest absolute Gasteiger partial charge is 0.326 e. The van der Waals surface area contributed by atoms with E-state index in [4.69, 9.17) is 9.47 Å². The lowest BCUT2D eigenvalue weighted by molar-refractivity contribution is -0.380. The third-order valence-corrected chi connectivity index (χ3v) is 5.48. The molecule has 0 saturated carbocycles. The Morgan fingerprint density at radius 2 is 1.80 bits per heavy atom. The number of aromatic nitrogens is 2. The van der Waals surface area contributed by atoms with Crippen LogP contribution < -0.4 is 14.8 Å². The van der Waals surface area contributed by atoms with Gasteiger partial charge in [-0.05, 0) is 29.0 Å². The van der Waals surface area contributed by atoms with E-state index in [9.17, 15) is 10.1 Å². The summed E-state index contributed by atoms with van der Waals surface area (Å²) < 4.78 is 10.6. The van der Waals surface area contributed by atoms with Crippen molar-refractivity contribution in [1.29, 1.82) is 0 Å². The maximum atomic E-state index is 11.3. The van der Waals surface area contributed by atoms with Crippen molar-refractivity contribution in [1.82, 2.24) is 9.97 Å². The minimum absolute atomic E-state index is 0.0266. The van der Waals surface area contributed by atoms with Crippen molar-refractivity contribution in [3.05, 3.63) is 70.3 Å². The highest BCUT2D eigenvalue weighted by Gasteiger charge is 2.18. The second kappa shape index (κ2) is 8.34. The average Bonchev–Trinajstić information content (AvgIpc) is 3.22. The molecule has 0 aliphatic carbocycles. The lowest BCUT2D eigenvalue weighted by Crippen LogP contribution is -2.04. The van der Waals surface area contributed by atoms with Crippen molar-refractivity contribution in [2.24, 2.45) is 0 Å². The minimum Gasteiger partial charge on any atom is -0.493 e. The van der Waals surface area contributed by atoms with Crippen LogP contribution in [0.25, 0.3) is 21.6 Å². The highest BCUT2D eigenvalue weighted by atomic mass is 32.1. The summed E-state index contributed by atoms with van der Waals surface area (Å²) in [6.07, 6.45) is 0. The Morgan fingerprint density at radius 1 is 1.03 bits per heavy atom. The summed E-state index contributed by atoms with van der Waals surface area (Å²) in [5.41, 5.74) is 1.79. The second-order valence-electron chi connectivity index (χ2n) is 6.37. The predicted octanol–water partition coefficient (Wildman–Crippen LogP) is 4.90. The largest absolute Gasteiger partial charge is 0.493 e. The Labute approximate surface area is 176 Å². The fraction of sp³-hybridized carbons (Fsp3) is 0.143. The summed E-state index contributed by atoms with van der Waals surface area (Å²) in [6.45, 7) is 0.449. The highest BCUT2D eigenvalue weighted by Crippen LogP contribution is 2.35. The monoisotopic (exact) mass is 422 g/mol. The molecular formula is C21H18N4O4S. The number of nitrogens with zero attached hydrogens (tertiary/aromatic N) is 3. The molecule has 0 bridgehead atoms. The number of thiophene rings is 1. The first-order chi connectivity index (χ1) is 14.6. The normalized spacial score (nSPS) is 10.7. The van der Waals surface area contributed by atoms with Crippen molar-refractivity contribution in [3.8, 4) is 22.9 Å². The number of ether oxygens (including phenoxy) is 2. The fourth-order valence-electron chi connectivity index (χ4n) is 3.03. The van der Waals surface area contributed by atoms with Crippen LogP contribution in [0.1, 0.15) is 5.56 Å². The van der Waals surface area contributed by atoms with Gasteiger partial charge in [0.25, 0.3) is 0 Å². The molecular weight excluding hydrogens is 404 g/mol. The molecule has 0 unspecified atom stereocenters. The number of fused-ring (bicyclic) bond motifs is 1. The van der Waals surface area contributed by atoms with Crippen LogP contribution in [-0.2, 0) is 6.54 Å². The SMILES string of the molecule is COc1ccc(CNc2nc(-c3ccccc3)nc3sc([N+](=O)[O-])cc23)cc1OC. The quantitative estimate of drug-likeness (QED) is 0.334. The van der Waals surface area contributed by atoms with Crippen molar-refractivity contribution in [3.63, 3.8) is 0 Å². The van der Waals surface area contributed by atoms with Crippen LogP contribution in [0, 0.1) is 10.1 Å². The molecule has 2 heterocycles. The first-order valence-corrected chi connectivity index (χ1v) is 9.87. The van der Waals surface area contributed by atoms with E-state index in [1.54, 1.807) is 14.2 Å². The zero-order valence-electron chi connectivity index (χ0n) is 16.3. The van der Waals surface area contributed by atoms with Crippen LogP contribution in [0.3, 0.4) is 0 Å². The highest BCUT2D eigenvalue weighted by molar-refractivity contribution is 7.21. The number of benzene rings is 2. The molecule has 1 N–H and O–H groups in total. The summed E-state index contributed by atoms with van der Waals surface area (Å²) >= 11 is 1.03. The maximum absolute atomic E-state index is 11.3. The Morgan fingerprint density at radius 3 is 2.50 bits per heavy atom. The Kier molecular flexibility index (Phi) is 5.44. The Bertz CT molecular complexity index is 1210. The first kappa shape index (κ1) is 19.6. The third-order valence-electron chi connectivity index (χ3n) is 4.50. The number of hydrogen-bond donors (Lipinski definition) is 1. The zero-order valence-corrected chi connectivity index (χ0v) is 17.1. The Balaban J connectivity index is 1.72. The molecule has 0 amide bonds. The molecule has 30 heavy (non-hydrogen) atoms. The van der Waals surface area contributed by atoms with E-state index in [-0.39, 0.29) is 5.00 Å². The van der Waals surface area contributed by atoms with Crippen molar-refractivity contribution >= 4 is 32.4 Å². The van der Waals surface area contributed by atoms with E-state index in [0.717, 1.165) is 22.5 Å². The zero-order chi connectivity index (χ0) is 21.1. The van der Waals surface area contributed by atoms with Gasteiger partial charge in [-0.15, -0.1) is 0 Å². The van der Waals surface area contributed by atoms with Crippen LogP contribution in [0.15, 0.2) is 54.6 Å². The van der Waals surface area contributed by atoms with Gasteiger partial charge in [0, 0.05) is 18.2 Å². The van der Waals surface area contributed by atoms with Gasteiger partial charge in [-0.2, -0.15) is 0 Å². The summed E-state index contributed by atoms with van der Waals surface area (Å²) in [4.78, 5) is 20.6. The average molecular weight is 422 g/mol. The number of hydrogen-bond acceptors (Lipinski definition) is 8. The fourth-order valence-corrected chi connectivity index (χ4v) is 3.87. The van der Waals surface area contributed by atoms with Crippen molar-refractivity contribution in [2.45, 2.75) is 6.54 Å². The van der Waals surface area contributed by atoms with Gasteiger partial charge >= 0.3 is 5.00 Å². The maximum Gasteiger partial charge on any atom is 0.326 e. The molecule has 0 saturated heterocycles. The molecule has 9 heteroatoms. The molecule has 0 spiro atoms. The first-order valence-electron chi connectivity index (χ1n) is 9.05. The Hall–Kier alpha value is -3.72. The van der Waals surface area contributed by atoms with E-state index in [0.29, 0.717) is 39.9 Å². The van der Waals surface area contributed by atoms with Gasteiger partial charge in [-0.25, -0.2) is 9.97 Å². The van der Waals surface area contributed by atoms with Crippen molar-refractivity contribution in [2.75, 3.05) is 19.5 Å². The molecule has 0 radical (unpaired) electrons. The van der Waals surface area contributed by atoms with E-state index >= 15 is 0 Å². The van der Waals surface area contributed by atoms with Gasteiger partial charge in [-0.3, -0.25) is 10.1 Å². The van der Waals surface area contributed by atoms with E-state index in [2.05, 4.69) is 15.3 Å². The molecule has 8 nitrogen and oxygen atoms in total. The van der Waals surface area contributed by atoms with Gasteiger partial charge < -0.3 is 14.8 Å². The summed E-state index contributed by atoms with van der Waals surface area (Å²) in [6, 6.07) is 16.6. The summed E-state index contributed by atoms with van der Waals surface area (Å²) in [7, 11) is 3.17. The predicted molar refractivity (Wildman–Crippen MR) is 116 cm³/mol. The molecule has 0 atom stereocenters. The molecule has 4 rings (SSSR count). The van der Waals surface area contributed by atoms with Gasteiger partial charge in [0.05, 0.1) is 24.5 Å². The molecule has 2 aromatic carbocycles. The van der Waals surface area contributed by atoms with E-state index in [1.165, 1.54) is 6.07 Å². The number of nitrogens with one attached hydrogen (secondary N) is 1. The third kappa shape index (κ3) is 3.87. The summed E-state index contributed by atoms with van der Waals surface area (Å²) in [5.74, 6) is 2.32.